The highest BCUT2D eigenvalue weighted by atomic mass is 79.9. The monoisotopic (exact) mass is 625 g/mol. The van der Waals surface area contributed by atoms with E-state index in [-0.39, 0.29) is 36.4 Å². The Morgan fingerprint density at radius 1 is 1.00 bits per heavy atom. The van der Waals surface area contributed by atoms with Crippen molar-refractivity contribution in [3.05, 3.63) is 86.3 Å². The zero-order chi connectivity index (χ0) is 25.6. The first-order valence-electron chi connectivity index (χ1n) is 10.3. The number of phenolic OH excluding ortho intramolecular Hbond substituents is 1. The summed E-state index contributed by atoms with van der Waals surface area (Å²) in [6.07, 6.45) is 0.00178. The highest BCUT2D eigenvalue weighted by Crippen LogP contribution is 2.44. The lowest BCUT2D eigenvalue weighted by Gasteiger charge is -2.14. The fraction of sp³-hybridized carbons (Fsp3) is 0.167. The van der Waals surface area contributed by atoms with E-state index in [1.54, 1.807) is 12.1 Å². The van der Waals surface area contributed by atoms with E-state index in [9.17, 15) is 24.2 Å². The lowest BCUT2D eigenvalue weighted by Crippen LogP contribution is -2.30. The van der Waals surface area contributed by atoms with Crippen LogP contribution in [0.1, 0.15) is 21.5 Å². The molecule has 3 aromatic rings. The first-order valence-corrected chi connectivity index (χ1v) is 14.2. The summed E-state index contributed by atoms with van der Waals surface area (Å²) in [5.41, 5.74) is 1.36. The third kappa shape index (κ3) is 8.21. The van der Waals surface area contributed by atoms with Crippen molar-refractivity contribution in [3.8, 4) is 17.2 Å². The molecule has 0 aliphatic carbocycles. The van der Waals surface area contributed by atoms with Crippen LogP contribution < -0.4 is 10.1 Å². The largest absolute Gasteiger partial charge is 0.507 e. The smallest absolute Gasteiger partial charge is 0.325 e. The van der Waals surface area contributed by atoms with E-state index in [2.05, 4.69) is 37.2 Å². The fourth-order valence-corrected chi connectivity index (χ4v) is 5.36. The van der Waals surface area contributed by atoms with E-state index in [0.717, 1.165) is 5.56 Å². The average molecular weight is 627 g/mol. The standard InChI is InChI=1S/C24H22Br2NO7P/c1-35(31,32)14-16-9-19(25)23(20(26)10-16)34-17-7-8-21(28)18(11-17)24(30)27-12-22(29)33-13-15-5-3-2-4-6-15/h2-11,28H,12-14H2,1H3,(H,27,30)(H,31,32). The number of rotatable bonds is 9. The number of halogens is 2. The van der Waals surface area contributed by atoms with Gasteiger partial charge < -0.3 is 24.8 Å². The molecule has 0 radical (unpaired) electrons. The summed E-state index contributed by atoms with van der Waals surface area (Å²) in [7, 11) is -3.25. The summed E-state index contributed by atoms with van der Waals surface area (Å²) in [5, 5.41) is 12.6. The van der Waals surface area contributed by atoms with Crippen LogP contribution in [0.25, 0.3) is 0 Å². The van der Waals surface area contributed by atoms with Crippen LogP contribution in [0, 0.1) is 0 Å². The second-order valence-corrected chi connectivity index (χ2v) is 11.8. The highest BCUT2D eigenvalue weighted by molar-refractivity contribution is 9.11. The van der Waals surface area contributed by atoms with Crippen molar-refractivity contribution in [2.24, 2.45) is 0 Å². The number of ether oxygens (including phenoxy) is 2. The van der Waals surface area contributed by atoms with Gasteiger partial charge in [0.2, 0.25) is 7.37 Å². The van der Waals surface area contributed by atoms with E-state index in [1.165, 1.54) is 24.9 Å². The normalized spacial score (nSPS) is 12.5. The van der Waals surface area contributed by atoms with Gasteiger partial charge >= 0.3 is 5.97 Å². The molecule has 3 rings (SSSR count). The number of nitrogens with one attached hydrogen (secondary N) is 1. The van der Waals surface area contributed by atoms with Crippen LogP contribution in [0.2, 0.25) is 0 Å². The molecule has 0 bridgehead atoms. The SMILES string of the molecule is CP(=O)(O)Cc1cc(Br)c(Oc2ccc(O)c(C(=O)NCC(=O)OCc3ccccc3)c2)c(Br)c1. The number of amides is 1. The molecule has 3 N–H and O–H groups in total. The number of benzene rings is 3. The minimum absolute atomic E-state index is 0.00178. The molecule has 0 spiro atoms. The van der Waals surface area contributed by atoms with Gasteiger partial charge in [0.25, 0.3) is 5.91 Å². The Hall–Kier alpha value is -2.65. The highest BCUT2D eigenvalue weighted by Gasteiger charge is 2.18. The summed E-state index contributed by atoms with van der Waals surface area (Å²) in [6.45, 7) is 0.993. The number of phenols is 1. The van der Waals surface area contributed by atoms with Crippen molar-refractivity contribution in [1.29, 1.82) is 0 Å². The lowest BCUT2D eigenvalue weighted by molar-refractivity contribution is -0.143. The average Bonchev–Trinajstić information content (AvgIpc) is 2.79. The van der Waals surface area contributed by atoms with Gasteiger partial charge in [-0.1, -0.05) is 30.3 Å². The van der Waals surface area contributed by atoms with Gasteiger partial charge in [0.1, 0.15) is 24.7 Å². The van der Waals surface area contributed by atoms with Crippen molar-refractivity contribution in [2.75, 3.05) is 13.2 Å². The molecule has 3 aromatic carbocycles. The Bertz CT molecular complexity index is 1260. The molecule has 0 aliphatic rings. The summed E-state index contributed by atoms with van der Waals surface area (Å²) < 4.78 is 23.8. The summed E-state index contributed by atoms with van der Waals surface area (Å²) in [6, 6.07) is 16.6. The van der Waals surface area contributed by atoms with Crippen molar-refractivity contribution < 1.29 is 33.6 Å². The van der Waals surface area contributed by atoms with Crippen molar-refractivity contribution in [1.82, 2.24) is 5.32 Å². The summed E-state index contributed by atoms with van der Waals surface area (Å²) >= 11 is 6.78. The van der Waals surface area contributed by atoms with E-state index in [1.807, 2.05) is 30.3 Å². The Morgan fingerprint density at radius 2 is 1.66 bits per heavy atom. The number of carbonyl (C=O) groups is 2. The minimum Gasteiger partial charge on any atom is -0.507 e. The molecule has 35 heavy (non-hydrogen) atoms. The van der Waals surface area contributed by atoms with E-state index in [0.29, 0.717) is 20.3 Å². The van der Waals surface area contributed by atoms with Gasteiger partial charge in [0.15, 0.2) is 5.75 Å². The van der Waals surface area contributed by atoms with Crippen molar-refractivity contribution in [2.45, 2.75) is 12.8 Å². The molecule has 0 aliphatic heterocycles. The number of esters is 1. The lowest BCUT2D eigenvalue weighted by atomic mass is 10.1. The Morgan fingerprint density at radius 3 is 2.29 bits per heavy atom. The quantitative estimate of drug-likeness (QED) is 0.209. The fourth-order valence-electron chi connectivity index (χ4n) is 3.06. The Labute approximate surface area is 219 Å². The predicted molar refractivity (Wildman–Crippen MR) is 138 cm³/mol. The van der Waals surface area contributed by atoms with Gasteiger partial charge in [0, 0.05) is 12.8 Å². The first kappa shape index (κ1) is 26.9. The van der Waals surface area contributed by atoms with Crippen molar-refractivity contribution >= 4 is 51.1 Å². The minimum atomic E-state index is -3.25. The molecule has 0 saturated carbocycles. The maximum atomic E-state index is 12.6. The van der Waals surface area contributed by atoms with Gasteiger partial charge in [-0.3, -0.25) is 14.2 Å². The van der Waals surface area contributed by atoms with Crippen LogP contribution >= 0.6 is 39.2 Å². The van der Waals surface area contributed by atoms with E-state index in [4.69, 9.17) is 9.47 Å². The van der Waals surface area contributed by atoms with Crippen LogP contribution in [0.4, 0.5) is 0 Å². The van der Waals surface area contributed by atoms with Crippen LogP contribution in [-0.2, 0) is 26.9 Å². The molecular weight excluding hydrogens is 605 g/mol. The van der Waals surface area contributed by atoms with E-state index < -0.39 is 19.2 Å². The zero-order valence-electron chi connectivity index (χ0n) is 18.5. The van der Waals surface area contributed by atoms with Gasteiger partial charge in [-0.25, -0.2) is 0 Å². The zero-order valence-corrected chi connectivity index (χ0v) is 22.6. The Kier molecular flexibility index (Phi) is 9.13. The second-order valence-electron chi connectivity index (χ2n) is 7.71. The van der Waals surface area contributed by atoms with Gasteiger partial charge in [-0.2, -0.15) is 0 Å². The number of aromatic hydroxyl groups is 1. The van der Waals surface area contributed by atoms with Gasteiger partial charge in [-0.05, 0) is 73.3 Å². The molecule has 184 valence electrons. The van der Waals surface area contributed by atoms with E-state index >= 15 is 0 Å². The molecule has 1 unspecified atom stereocenters. The Balaban J connectivity index is 1.65. The number of carbonyl (C=O) groups excluding carboxylic acids is 2. The van der Waals surface area contributed by atoms with Gasteiger partial charge in [-0.15, -0.1) is 0 Å². The van der Waals surface area contributed by atoms with Crippen LogP contribution in [0.5, 0.6) is 17.2 Å². The molecule has 0 saturated heterocycles. The van der Waals surface area contributed by atoms with Crippen LogP contribution in [0.15, 0.2) is 69.6 Å². The first-order chi connectivity index (χ1) is 16.5. The molecule has 0 fully saturated rings. The van der Waals surface area contributed by atoms with Crippen LogP contribution in [-0.4, -0.2) is 35.1 Å². The predicted octanol–water partition coefficient (Wildman–Crippen LogP) is 5.58. The van der Waals surface area contributed by atoms with Crippen molar-refractivity contribution in [3.63, 3.8) is 0 Å². The topological polar surface area (TPSA) is 122 Å². The molecule has 0 aromatic heterocycles. The summed E-state index contributed by atoms with van der Waals surface area (Å²) in [5.74, 6) is -0.972. The molecule has 1 amide bonds. The van der Waals surface area contributed by atoms with Gasteiger partial charge in [0.05, 0.1) is 14.5 Å². The number of hydrogen-bond acceptors (Lipinski definition) is 6. The second kappa shape index (κ2) is 11.9. The molecule has 11 heteroatoms. The molecular formula is C24H22Br2NO7P. The van der Waals surface area contributed by atoms with Crippen LogP contribution in [0.3, 0.4) is 0 Å². The molecule has 1 atom stereocenters. The number of hydrogen-bond donors (Lipinski definition) is 3. The molecule has 8 nitrogen and oxygen atoms in total. The third-order valence-electron chi connectivity index (χ3n) is 4.60. The molecule has 0 heterocycles. The maximum absolute atomic E-state index is 12.6. The summed E-state index contributed by atoms with van der Waals surface area (Å²) in [4.78, 5) is 34.2. The third-order valence-corrected chi connectivity index (χ3v) is 6.73. The maximum Gasteiger partial charge on any atom is 0.325 e.